The zero-order valence-electron chi connectivity index (χ0n) is 10.3. The van der Waals surface area contributed by atoms with E-state index in [0.717, 1.165) is 23.8 Å². The summed E-state index contributed by atoms with van der Waals surface area (Å²) in [6.45, 7) is 0.872. The lowest BCUT2D eigenvalue weighted by Gasteiger charge is -2.01. The number of anilines is 1. The zero-order chi connectivity index (χ0) is 13.1. The molecule has 2 heterocycles. The Hall–Kier alpha value is -1.52. The van der Waals surface area contributed by atoms with Gasteiger partial charge in [-0.1, -0.05) is 18.2 Å². The quantitative estimate of drug-likeness (QED) is 0.697. The Bertz CT molecular complexity index is 674. The van der Waals surface area contributed by atoms with Gasteiger partial charge in [0.1, 0.15) is 0 Å². The van der Waals surface area contributed by atoms with E-state index >= 15 is 0 Å². The summed E-state index contributed by atoms with van der Waals surface area (Å²) in [5.41, 5.74) is 3.45. The number of aromatic nitrogens is 2. The third-order valence-corrected chi connectivity index (χ3v) is 4.16. The molecular formula is C14H14ClN3S. The Morgan fingerprint density at radius 1 is 1.32 bits per heavy atom. The number of H-pyrrole nitrogens is 1. The van der Waals surface area contributed by atoms with Crippen molar-refractivity contribution in [1.29, 1.82) is 0 Å². The molecule has 0 fully saturated rings. The number of alkyl halides is 1. The molecule has 1 aromatic carbocycles. The molecule has 0 atom stereocenters. The minimum absolute atomic E-state index is 0.473. The van der Waals surface area contributed by atoms with E-state index in [0.29, 0.717) is 5.88 Å². The van der Waals surface area contributed by atoms with Crippen molar-refractivity contribution >= 4 is 39.0 Å². The predicted molar refractivity (Wildman–Crippen MR) is 82.2 cm³/mol. The highest BCUT2D eigenvalue weighted by Crippen LogP contribution is 2.19. The average Bonchev–Trinajstić information content (AvgIpc) is 3.06. The van der Waals surface area contributed by atoms with Gasteiger partial charge in [0.05, 0.1) is 11.6 Å². The molecule has 2 aromatic heterocycles. The molecule has 5 heteroatoms. The number of nitrogens with zero attached hydrogens (tertiary/aromatic N) is 1. The highest BCUT2D eigenvalue weighted by molar-refractivity contribution is 7.13. The average molecular weight is 292 g/mol. The fourth-order valence-electron chi connectivity index (χ4n) is 2.09. The van der Waals surface area contributed by atoms with Crippen molar-refractivity contribution in [1.82, 2.24) is 9.97 Å². The van der Waals surface area contributed by atoms with Crippen LogP contribution in [0, 0.1) is 0 Å². The van der Waals surface area contributed by atoms with Gasteiger partial charge in [-0.25, -0.2) is 4.98 Å². The van der Waals surface area contributed by atoms with Crippen LogP contribution in [0.3, 0.4) is 0 Å². The molecule has 98 valence electrons. The van der Waals surface area contributed by atoms with Crippen molar-refractivity contribution in [2.45, 2.75) is 12.3 Å². The molecule has 0 radical (unpaired) electrons. The topological polar surface area (TPSA) is 40.7 Å². The minimum Gasteiger partial charge on any atom is -0.361 e. The van der Waals surface area contributed by atoms with Gasteiger partial charge >= 0.3 is 0 Å². The lowest BCUT2D eigenvalue weighted by Crippen LogP contribution is -2.04. The van der Waals surface area contributed by atoms with Crippen LogP contribution < -0.4 is 5.32 Å². The van der Waals surface area contributed by atoms with Crippen molar-refractivity contribution in [3.05, 3.63) is 47.1 Å². The van der Waals surface area contributed by atoms with E-state index in [1.807, 2.05) is 11.4 Å². The number of hydrogen-bond donors (Lipinski definition) is 2. The van der Waals surface area contributed by atoms with Crippen molar-refractivity contribution in [3.63, 3.8) is 0 Å². The number of para-hydroxylation sites is 1. The third kappa shape index (κ3) is 2.74. The smallest absolute Gasteiger partial charge is 0.182 e. The number of nitrogens with one attached hydrogen (secondary N) is 2. The van der Waals surface area contributed by atoms with E-state index in [4.69, 9.17) is 11.6 Å². The molecular weight excluding hydrogens is 278 g/mol. The molecule has 0 aliphatic carbocycles. The first-order chi connectivity index (χ1) is 9.36. The van der Waals surface area contributed by atoms with Gasteiger partial charge in [0.15, 0.2) is 5.13 Å². The molecule has 0 bridgehead atoms. The number of hydrogen-bond acceptors (Lipinski definition) is 3. The van der Waals surface area contributed by atoms with E-state index in [2.05, 4.69) is 39.7 Å². The first-order valence-corrected chi connectivity index (χ1v) is 7.57. The van der Waals surface area contributed by atoms with Gasteiger partial charge in [-0.3, -0.25) is 0 Å². The SMILES string of the molecule is ClCc1csc(NCCc2c[nH]c3ccccc23)n1. The molecule has 0 unspecified atom stereocenters. The van der Waals surface area contributed by atoms with Gasteiger partial charge in [-0.15, -0.1) is 22.9 Å². The fourth-order valence-corrected chi connectivity index (χ4v) is 3.06. The second-order valence-electron chi connectivity index (χ2n) is 4.31. The first kappa shape index (κ1) is 12.5. The number of benzene rings is 1. The van der Waals surface area contributed by atoms with Crippen LogP contribution in [0.4, 0.5) is 5.13 Å². The second kappa shape index (κ2) is 5.63. The van der Waals surface area contributed by atoms with Crippen molar-refractivity contribution in [2.24, 2.45) is 0 Å². The standard InChI is InChI=1S/C14H14ClN3S/c15-7-11-9-19-14(18-11)16-6-5-10-8-17-13-4-2-1-3-12(10)13/h1-4,8-9,17H,5-7H2,(H,16,18). The molecule has 0 amide bonds. The Morgan fingerprint density at radius 2 is 2.21 bits per heavy atom. The van der Waals surface area contributed by atoms with E-state index in [-0.39, 0.29) is 0 Å². The Balaban J connectivity index is 1.63. The van der Waals surface area contributed by atoms with Gasteiger partial charge in [0.2, 0.25) is 0 Å². The molecule has 19 heavy (non-hydrogen) atoms. The maximum absolute atomic E-state index is 5.73. The van der Waals surface area contributed by atoms with Crippen molar-refractivity contribution in [2.75, 3.05) is 11.9 Å². The lowest BCUT2D eigenvalue weighted by molar-refractivity contribution is 1.02. The summed E-state index contributed by atoms with van der Waals surface area (Å²) in [6, 6.07) is 8.36. The van der Waals surface area contributed by atoms with E-state index < -0.39 is 0 Å². The fraction of sp³-hybridized carbons (Fsp3) is 0.214. The predicted octanol–water partition coefficient (Wildman–Crippen LogP) is 4.02. The maximum atomic E-state index is 5.73. The molecule has 3 aromatic rings. The largest absolute Gasteiger partial charge is 0.361 e. The highest BCUT2D eigenvalue weighted by atomic mass is 35.5. The molecule has 0 saturated heterocycles. The Morgan fingerprint density at radius 3 is 3.05 bits per heavy atom. The monoisotopic (exact) mass is 291 g/mol. The molecule has 0 aliphatic heterocycles. The van der Waals surface area contributed by atoms with Gasteiger partial charge in [-0.05, 0) is 18.1 Å². The second-order valence-corrected chi connectivity index (χ2v) is 5.44. The number of aromatic amines is 1. The number of rotatable bonds is 5. The van der Waals surface area contributed by atoms with Gasteiger partial charge < -0.3 is 10.3 Å². The van der Waals surface area contributed by atoms with Crippen molar-refractivity contribution < 1.29 is 0 Å². The molecule has 0 spiro atoms. The molecule has 0 aliphatic rings. The normalized spacial score (nSPS) is 11.0. The summed E-state index contributed by atoms with van der Waals surface area (Å²) in [5.74, 6) is 0.473. The lowest BCUT2D eigenvalue weighted by atomic mass is 10.1. The van der Waals surface area contributed by atoms with Crippen LogP contribution in [-0.2, 0) is 12.3 Å². The minimum atomic E-state index is 0.473. The van der Waals surface area contributed by atoms with Crippen LogP contribution in [0.1, 0.15) is 11.3 Å². The Labute approximate surface area is 120 Å². The summed E-state index contributed by atoms with van der Waals surface area (Å²) >= 11 is 7.33. The zero-order valence-corrected chi connectivity index (χ0v) is 11.9. The summed E-state index contributed by atoms with van der Waals surface area (Å²) in [4.78, 5) is 7.67. The first-order valence-electron chi connectivity index (χ1n) is 6.16. The number of fused-ring (bicyclic) bond motifs is 1. The van der Waals surface area contributed by atoms with E-state index in [9.17, 15) is 0 Å². The number of thiazole rings is 1. The summed E-state index contributed by atoms with van der Waals surface area (Å²) in [7, 11) is 0. The molecule has 3 nitrogen and oxygen atoms in total. The van der Waals surface area contributed by atoms with Crippen LogP contribution in [-0.4, -0.2) is 16.5 Å². The van der Waals surface area contributed by atoms with Crippen LogP contribution >= 0.6 is 22.9 Å². The third-order valence-electron chi connectivity index (χ3n) is 3.03. The summed E-state index contributed by atoms with van der Waals surface area (Å²) in [5, 5.41) is 7.56. The maximum Gasteiger partial charge on any atom is 0.182 e. The summed E-state index contributed by atoms with van der Waals surface area (Å²) < 4.78 is 0. The Kier molecular flexibility index (Phi) is 3.71. The van der Waals surface area contributed by atoms with Crippen LogP contribution in [0.15, 0.2) is 35.8 Å². The molecule has 2 N–H and O–H groups in total. The van der Waals surface area contributed by atoms with Crippen molar-refractivity contribution in [3.8, 4) is 0 Å². The number of halogens is 1. The highest BCUT2D eigenvalue weighted by Gasteiger charge is 2.04. The molecule has 0 saturated carbocycles. The van der Waals surface area contributed by atoms with E-state index in [1.165, 1.54) is 16.5 Å². The van der Waals surface area contributed by atoms with Gasteiger partial charge in [0.25, 0.3) is 0 Å². The van der Waals surface area contributed by atoms with Crippen LogP contribution in [0.25, 0.3) is 10.9 Å². The van der Waals surface area contributed by atoms with Crippen LogP contribution in [0.2, 0.25) is 0 Å². The summed E-state index contributed by atoms with van der Waals surface area (Å²) in [6.07, 6.45) is 3.05. The van der Waals surface area contributed by atoms with Gasteiger partial charge in [-0.2, -0.15) is 0 Å². The molecule has 3 rings (SSSR count). The van der Waals surface area contributed by atoms with E-state index in [1.54, 1.807) is 11.3 Å². The van der Waals surface area contributed by atoms with Gasteiger partial charge in [0, 0.05) is 29.0 Å². The van der Waals surface area contributed by atoms with Crippen LogP contribution in [0.5, 0.6) is 0 Å².